The molecule has 0 saturated carbocycles. The van der Waals surface area contributed by atoms with E-state index in [0.717, 1.165) is 24.2 Å². The van der Waals surface area contributed by atoms with Crippen LogP contribution in [-0.4, -0.2) is 25.2 Å². The number of carbonyl (C=O) groups excluding carboxylic acids is 1. The lowest BCUT2D eigenvalue weighted by Gasteiger charge is -2.48. The summed E-state index contributed by atoms with van der Waals surface area (Å²) in [6.07, 6.45) is 4.58. The number of hydrogen-bond acceptors (Lipinski definition) is 4. The van der Waals surface area contributed by atoms with Gasteiger partial charge in [-0.3, -0.25) is 14.9 Å². The van der Waals surface area contributed by atoms with Crippen LogP contribution in [0.5, 0.6) is 0 Å². The number of non-ortho nitro benzene ring substituents is 1. The van der Waals surface area contributed by atoms with Gasteiger partial charge in [0.2, 0.25) is 5.91 Å². The molecule has 0 bridgehead atoms. The summed E-state index contributed by atoms with van der Waals surface area (Å²) in [4.78, 5) is 23.8. The van der Waals surface area contributed by atoms with Crippen molar-refractivity contribution in [2.75, 3.05) is 0 Å². The maximum atomic E-state index is 13.1. The highest BCUT2D eigenvalue weighted by atomic mass is 28.4. The molecule has 7 heteroatoms. The zero-order chi connectivity index (χ0) is 23.8. The van der Waals surface area contributed by atoms with Crippen molar-refractivity contribution in [3.05, 3.63) is 51.8 Å². The first-order valence-corrected chi connectivity index (χ1v) is 14.0. The molecule has 3 rings (SSSR count). The second kappa shape index (κ2) is 9.00. The molecule has 2 aliphatic rings. The van der Waals surface area contributed by atoms with E-state index in [-0.39, 0.29) is 23.6 Å². The maximum absolute atomic E-state index is 13.1. The van der Waals surface area contributed by atoms with Crippen molar-refractivity contribution in [3.63, 3.8) is 0 Å². The molecule has 1 aliphatic carbocycles. The maximum Gasteiger partial charge on any atom is 0.269 e. The minimum absolute atomic E-state index is 0.0521. The average molecular weight is 459 g/mol. The quantitative estimate of drug-likeness (QED) is 0.289. The first-order valence-electron chi connectivity index (χ1n) is 11.9. The van der Waals surface area contributed by atoms with Gasteiger partial charge in [-0.2, -0.15) is 0 Å². The van der Waals surface area contributed by atoms with Gasteiger partial charge in [-0.25, -0.2) is 0 Å². The van der Waals surface area contributed by atoms with Crippen LogP contribution in [0, 0.1) is 21.4 Å². The van der Waals surface area contributed by atoms with Gasteiger partial charge in [-0.05, 0) is 54.4 Å². The highest BCUT2D eigenvalue weighted by Gasteiger charge is 2.58. The Labute approximate surface area is 193 Å². The van der Waals surface area contributed by atoms with Gasteiger partial charge in [0, 0.05) is 18.2 Å². The number of rotatable bonds is 8. The van der Waals surface area contributed by atoms with E-state index in [1.165, 1.54) is 12.1 Å². The molecule has 0 radical (unpaired) electrons. The zero-order valence-corrected chi connectivity index (χ0v) is 21.5. The molecule has 32 heavy (non-hydrogen) atoms. The molecule has 6 nitrogen and oxygen atoms in total. The van der Waals surface area contributed by atoms with Gasteiger partial charge in [0.15, 0.2) is 0 Å². The van der Waals surface area contributed by atoms with Crippen molar-refractivity contribution in [2.45, 2.75) is 90.4 Å². The standard InChI is InChI=1S/C25H38N2O4Si/c1-16(2)32(17(3)4,18(5)6)31-23-10-8-9-22-25(23,7)21(24(28)26-22)15-19-11-13-20(14-12-19)27(29)30/h10-14,16-18,21-22H,8-9,15H2,1-7H3,(H,26,28)/t21-,22+,25-/m1/s1. The lowest BCUT2D eigenvalue weighted by molar-refractivity contribution is -0.384. The number of nitrogens with one attached hydrogen (secondary N) is 1. The van der Waals surface area contributed by atoms with Gasteiger partial charge in [-0.15, -0.1) is 0 Å². The van der Waals surface area contributed by atoms with Gasteiger partial charge in [0.1, 0.15) is 0 Å². The molecule has 1 amide bonds. The normalized spacial score (nSPS) is 25.7. The molecule has 0 spiro atoms. The van der Waals surface area contributed by atoms with Gasteiger partial charge in [0.05, 0.1) is 22.0 Å². The highest BCUT2D eigenvalue weighted by Crippen LogP contribution is 2.53. The third kappa shape index (κ3) is 4.00. The molecule has 1 saturated heterocycles. The summed E-state index contributed by atoms with van der Waals surface area (Å²) in [7, 11) is -2.17. The van der Waals surface area contributed by atoms with Crippen LogP contribution in [0.4, 0.5) is 5.69 Å². The molecule has 0 unspecified atom stereocenters. The van der Waals surface area contributed by atoms with E-state index in [0.29, 0.717) is 23.0 Å². The second-order valence-corrected chi connectivity index (χ2v) is 16.0. The summed E-state index contributed by atoms with van der Waals surface area (Å²) in [5.74, 6) is 0.777. The molecule has 1 aliphatic heterocycles. The number of carbonyl (C=O) groups is 1. The minimum atomic E-state index is -2.17. The highest BCUT2D eigenvalue weighted by molar-refractivity contribution is 6.77. The molecular formula is C25H38N2O4Si. The van der Waals surface area contributed by atoms with Crippen LogP contribution in [0.3, 0.4) is 0 Å². The fourth-order valence-electron chi connectivity index (χ4n) is 6.24. The lowest BCUT2D eigenvalue weighted by Crippen LogP contribution is -2.51. The number of allylic oxidation sites excluding steroid dienone is 1. The van der Waals surface area contributed by atoms with Crippen LogP contribution in [0.25, 0.3) is 0 Å². The Kier molecular flexibility index (Phi) is 6.89. The molecule has 1 aromatic carbocycles. The van der Waals surface area contributed by atoms with Crippen molar-refractivity contribution in [1.29, 1.82) is 0 Å². The van der Waals surface area contributed by atoms with Crippen LogP contribution in [0.15, 0.2) is 36.1 Å². The Morgan fingerprint density at radius 1 is 1.12 bits per heavy atom. The van der Waals surface area contributed by atoms with Crippen molar-refractivity contribution in [1.82, 2.24) is 5.32 Å². The van der Waals surface area contributed by atoms with Crippen LogP contribution in [0.2, 0.25) is 16.6 Å². The van der Waals surface area contributed by atoms with E-state index in [1.807, 2.05) is 0 Å². The van der Waals surface area contributed by atoms with Crippen molar-refractivity contribution < 1.29 is 14.1 Å². The summed E-state index contributed by atoms with van der Waals surface area (Å²) in [6.45, 7) is 15.9. The summed E-state index contributed by atoms with van der Waals surface area (Å²) < 4.78 is 7.17. The first kappa shape index (κ1) is 24.5. The molecule has 3 atom stereocenters. The summed E-state index contributed by atoms with van der Waals surface area (Å²) >= 11 is 0. The average Bonchev–Trinajstić information content (AvgIpc) is 2.96. The molecule has 1 fully saturated rings. The molecule has 176 valence electrons. The fourth-order valence-corrected chi connectivity index (χ4v) is 11.6. The monoisotopic (exact) mass is 458 g/mol. The van der Waals surface area contributed by atoms with Crippen LogP contribution >= 0.6 is 0 Å². The van der Waals surface area contributed by atoms with Crippen molar-refractivity contribution in [2.24, 2.45) is 11.3 Å². The molecule has 0 aromatic heterocycles. The summed E-state index contributed by atoms with van der Waals surface area (Å²) in [5.41, 5.74) is 1.93. The number of nitro benzene ring substituents is 1. The van der Waals surface area contributed by atoms with Crippen LogP contribution in [0.1, 0.15) is 66.9 Å². The third-order valence-corrected chi connectivity index (χ3v) is 14.0. The Bertz CT molecular complexity index is 872. The predicted octanol–water partition coefficient (Wildman–Crippen LogP) is 6.13. The van der Waals surface area contributed by atoms with Gasteiger partial charge < -0.3 is 9.74 Å². The van der Waals surface area contributed by atoms with E-state index >= 15 is 0 Å². The molecular weight excluding hydrogens is 420 g/mol. The van der Waals surface area contributed by atoms with Crippen molar-refractivity contribution >= 4 is 19.9 Å². The predicted molar refractivity (Wildman–Crippen MR) is 130 cm³/mol. The zero-order valence-electron chi connectivity index (χ0n) is 20.5. The van der Waals surface area contributed by atoms with Gasteiger partial charge >= 0.3 is 0 Å². The Hall–Kier alpha value is -2.15. The molecule has 1 aromatic rings. The fraction of sp³-hybridized carbons (Fsp3) is 0.640. The number of nitrogens with zero attached hydrogens (tertiary/aromatic N) is 1. The number of benzene rings is 1. The summed E-state index contributed by atoms with van der Waals surface area (Å²) in [6, 6.07) is 6.63. The van der Waals surface area contributed by atoms with Crippen LogP contribution < -0.4 is 5.32 Å². The Morgan fingerprint density at radius 2 is 1.69 bits per heavy atom. The Morgan fingerprint density at radius 3 is 2.19 bits per heavy atom. The number of fused-ring (bicyclic) bond motifs is 1. The molecule has 1 heterocycles. The summed E-state index contributed by atoms with van der Waals surface area (Å²) in [5, 5.41) is 14.3. The van der Waals surface area contributed by atoms with E-state index < -0.39 is 18.7 Å². The number of hydrogen-bond donors (Lipinski definition) is 1. The topological polar surface area (TPSA) is 81.5 Å². The van der Waals surface area contributed by atoms with Crippen molar-refractivity contribution in [3.8, 4) is 0 Å². The lowest BCUT2D eigenvalue weighted by atomic mass is 9.67. The van der Waals surface area contributed by atoms with Crippen LogP contribution in [-0.2, 0) is 15.6 Å². The number of amides is 1. The third-order valence-electron chi connectivity index (χ3n) is 7.98. The largest absolute Gasteiger partial charge is 0.545 e. The first-order chi connectivity index (χ1) is 14.9. The smallest absolute Gasteiger partial charge is 0.269 e. The van der Waals surface area contributed by atoms with E-state index in [9.17, 15) is 14.9 Å². The number of nitro groups is 1. The molecule has 1 N–H and O–H groups in total. The van der Waals surface area contributed by atoms with E-state index in [1.54, 1.807) is 12.1 Å². The van der Waals surface area contributed by atoms with Gasteiger partial charge in [0.25, 0.3) is 14.0 Å². The Balaban J connectivity index is 1.97. The van der Waals surface area contributed by atoms with E-state index in [2.05, 4.69) is 59.9 Å². The minimum Gasteiger partial charge on any atom is -0.545 e. The van der Waals surface area contributed by atoms with E-state index in [4.69, 9.17) is 4.43 Å². The van der Waals surface area contributed by atoms with Gasteiger partial charge in [-0.1, -0.05) is 53.7 Å². The second-order valence-electron chi connectivity index (χ2n) is 10.6. The SMILES string of the molecule is CC(C)[Si](OC1=CCC[C@@H]2NC(=O)[C@@H](Cc3ccc([N+](=O)[O-])cc3)[C@@]12C)(C(C)C)C(C)C.